The Bertz CT molecular complexity index is 491. The summed E-state index contributed by atoms with van der Waals surface area (Å²) in [7, 11) is 0. The normalized spacial score (nSPS) is 24.3. The topological polar surface area (TPSA) is 91.2 Å². The van der Waals surface area contributed by atoms with Crippen molar-refractivity contribution in [3.05, 3.63) is 12.1 Å². The summed E-state index contributed by atoms with van der Waals surface area (Å²) < 4.78 is 7.03. The van der Waals surface area contributed by atoms with Crippen molar-refractivity contribution in [3.8, 4) is 5.88 Å². The summed E-state index contributed by atoms with van der Waals surface area (Å²) in [6.45, 7) is 0.735. The molecule has 1 saturated carbocycles. The number of aromatic nitrogens is 5. The highest BCUT2D eigenvalue weighted by atomic mass is 16.5. The molecule has 1 aliphatic rings. The molecule has 0 radical (unpaired) electrons. The van der Waals surface area contributed by atoms with Crippen LogP contribution in [0.5, 0.6) is 5.88 Å². The van der Waals surface area contributed by atoms with E-state index in [2.05, 4.69) is 20.6 Å². The van der Waals surface area contributed by atoms with Gasteiger partial charge in [0.15, 0.2) is 5.65 Å². The van der Waals surface area contributed by atoms with E-state index >= 15 is 0 Å². The maximum atomic E-state index is 5.68. The maximum absolute atomic E-state index is 5.68. The molecule has 2 N–H and O–H groups in total. The van der Waals surface area contributed by atoms with E-state index in [4.69, 9.17) is 10.5 Å². The molecular formula is C9H12N6O. The van der Waals surface area contributed by atoms with Crippen LogP contribution in [0.3, 0.4) is 0 Å². The molecule has 7 nitrogen and oxygen atoms in total. The number of ether oxygens (including phenoxy) is 1. The number of fused-ring (bicyclic) bond motifs is 1. The van der Waals surface area contributed by atoms with E-state index in [9.17, 15) is 0 Å². The van der Waals surface area contributed by atoms with Gasteiger partial charge in [-0.15, -0.1) is 14.8 Å². The van der Waals surface area contributed by atoms with Crippen LogP contribution in [-0.4, -0.2) is 37.9 Å². The minimum atomic E-state index is 0.231. The lowest BCUT2D eigenvalue weighted by Crippen LogP contribution is -2.38. The third-order valence-electron chi connectivity index (χ3n) is 2.86. The molecule has 3 rings (SSSR count). The van der Waals surface area contributed by atoms with Gasteiger partial charge in [0.2, 0.25) is 5.88 Å². The van der Waals surface area contributed by atoms with E-state index in [0.29, 0.717) is 17.4 Å². The third-order valence-corrected chi connectivity index (χ3v) is 2.86. The number of hydrogen-bond acceptors (Lipinski definition) is 6. The van der Waals surface area contributed by atoms with Gasteiger partial charge in [-0.25, -0.2) is 0 Å². The fourth-order valence-electron chi connectivity index (χ4n) is 1.83. The second-order valence-electron chi connectivity index (χ2n) is 4.01. The predicted molar refractivity (Wildman–Crippen MR) is 54.8 cm³/mol. The molecule has 0 aliphatic heterocycles. The summed E-state index contributed by atoms with van der Waals surface area (Å²) in [4.78, 5) is 0. The lowest BCUT2D eigenvalue weighted by Gasteiger charge is -2.33. The van der Waals surface area contributed by atoms with E-state index in [-0.39, 0.29) is 6.10 Å². The van der Waals surface area contributed by atoms with Crippen molar-refractivity contribution in [2.45, 2.75) is 18.9 Å². The Labute approximate surface area is 91.6 Å². The highest BCUT2D eigenvalue weighted by molar-refractivity contribution is 5.34. The van der Waals surface area contributed by atoms with Crippen molar-refractivity contribution >= 4 is 5.65 Å². The average molecular weight is 220 g/mol. The van der Waals surface area contributed by atoms with E-state index in [0.717, 1.165) is 19.4 Å². The van der Waals surface area contributed by atoms with Crippen molar-refractivity contribution in [1.29, 1.82) is 0 Å². The fourth-order valence-corrected chi connectivity index (χ4v) is 1.83. The quantitative estimate of drug-likeness (QED) is 0.759. The summed E-state index contributed by atoms with van der Waals surface area (Å²) >= 11 is 0. The molecule has 0 bridgehead atoms. The largest absolute Gasteiger partial charge is 0.473 e. The molecule has 2 aromatic rings. The highest BCUT2D eigenvalue weighted by Crippen LogP contribution is 2.29. The Hall–Kier alpha value is -1.76. The van der Waals surface area contributed by atoms with Crippen LogP contribution >= 0.6 is 0 Å². The molecule has 1 fully saturated rings. The van der Waals surface area contributed by atoms with E-state index in [1.165, 1.54) is 4.63 Å². The first-order valence-electron chi connectivity index (χ1n) is 5.27. The van der Waals surface area contributed by atoms with Crippen LogP contribution in [-0.2, 0) is 0 Å². The molecule has 0 atom stereocenters. The van der Waals surface area contributed by atoms with Gasteiger partial charge in [0.1, 0.15) is 6.10 Å². The van der Waals surface area contributed by atoms with Gasteiger partial charge in [0.05, 0.1) is 0 Å². The second-order valence-corrected chi connectivity index (χ2v) is 4.01. The Kier molecular flexibility index (Phi) is 2.17. The standard InChI is InChI=1S/C9H12N6O/c10-5-6-3-7(4-6)16-9-2-1-8-11-13-14-15(8)12-9/h1-2,6-7H,3-5,10H2. The first kappa shape index (κ1) is 9.46. The second kappa shape index (κ2) is 3.67. The lowest BCUT2D eigenvalue weighted by molar-refractivity contribution is 0.0635. The predicted octanol–water partition coefficient (Wildman–Crippen LogP) is -0.365. The Morgan fingerprint density at radius 2 is 2.31 bits per heavy atom. The smallest absolute Gasteiger partial charge is 0.233 e. The van der Waals surface area contributed by atoms with Crippen molar-refractivity contribution in [2.75, 3.05) is 6.54 Å². The first-order valence-corrected chi connectivity index (χ1v) is 5.27. The molecule has 16 heavy (non-hydrogen) atoms. The zero-order valence-electron chi connectivity index (χ0n) is 8.65. The molecule has 0 aromatic carbocycles. The van der Waals surface area contributed by atoms with Crippen LogP contribution < -0.4 is 10.5 Å². The minimum absolute atomic E-state index is 0.231. The first-order chi connectivity index (χ1) is 7.85. The molecule has 0 spiro atoms. The Morgan fingerprint density at radius 3 is 3.12 bits per heavy atom. The molecule has 0 amide bonds. The number of nitrogens with two attached hydrogens (primary N) is 1. The van der Waals surface area contributed by atoms with Gasteiger partial charge < -0.3 is 10.5 Å². The molecule has 0 unspecified atom stereocenters. The van der Waals surface area contributed by atoms with Crippen LogP contribution in [0.1, 0.15) is 12.8 Å². The molecule has 7 heteroatoms. The van der Waals surface area contributed by atoms with Gasteiger partial charge in [0.25, 0.3) is 0 Å². The van der Waals surface area contributed by atoms with E-state index < -0.39 is 0 Å². The molecular weight excluding hydrogens is 208 g/mol. The maximum Gasteiger partial charge on any atom is 0.233 e. The van der Waals surface area contributed by atoms with Gasteiger partial charge in [-0.3, -0.25) is 0 Å². The van der Waals surface area contributed by atoms with Crippen LogP contribution in [0.15, 0.2) is 12.1 Å². The number of tetrazole rings is 1. The summed E-state index contributed by atoms with van der Waals surface area (Å²) in [6, 6.07) is 3.56. The summed E-state index contributed by atoms with van der Waals surface area (Å²) in [6.07, 6.45) is 2.24. The monoisotopic (exact) mass is 220 g/mol. The van der Waals surface area contributed by atoms with Crippen LogP contribution in [0.4, 0.5) is 0 Å². The van der Waals surface area contributed by atoms with Crippen LogP contribution in [0.25, 0.3) is 5.65 Å². The summed E-state index contributed by atoms with van der Waals surface area (Å²) in [5.41, 5.74) is 6.16. The molecule has 0 saturated heterocycles. The summed E-state index contributed by atoms with van der Waals surface area (Å²) in [5.74, 6) is 1.15. The Morgan fingerprint density at radius 1 is 1.44 bits per heavy atom. The fraction of sp³-hybridized carbons (Fsp3) is 0.556. The van der Waals surface area contributed by atoms with Crippen molar-refractivity contribution in [2.24, 2.45) is 11.7 Å². The van der Waals surface area contributed by atoms with Gasteiger partial charge in [-0.2, -0.15) is 0 Å². The van der Waals surface area contributed by atoms with Crippen molar-refractivity contribution in [1.82, 2.24) is 25.3 Å². The zero-order chi connectivity index (χ0) is 11.0. The zero-order valence-corrected chi connectivity index (χ0v) is 8.65. The summed E-state index contributed by atoms with van der Waals surface area (Å²) in [5, 5.41) is 15.1. The molecule has 2 aromatic heterocycles. The van der Waals surface area contributed by atoms with Crippen LogP contribution in [0, 0.1) is 5.92 Å². The highest BCUT2D eigenvalue weighted by Gasteiger charge is 2.29. The number of rotatable bonds is 3. The van der Waals surface area contributed by atoms with Crippen molar-refractivity contribution < 1.29 is 4.74 Å². The van der Waals surface area contributed by atoms with Crippen LogP contribution in [0.2, 0.25) is 0 Å². The van der Waals surface area contributed by atoms with E-state index in [1.807, 2.05) is 0 Å². The SMILES string of the molecule is NCC1CC(Oc2ccc3nnnn3n2)C1. The number of nitrogens with zero attached hydrogens (tertiary/aromatic N) is 5. The number of hydrogen-bond donors (Lipinski definition) is 1. The van der Waals surface area contributed by atoms with Crippen molar-refractivity contribution in [3.63, 3.8) is 0 Å². The van der Waals surface area contributed by atoms with Gasteiger partial charge in [0, 0.05) is 6.07 Å². The Balaban J connectivity index is 1.70. The molecule has 1 aliphatic carbocycles. The van der Waals surface area contributed by atoms with E-state index in [1.54, 1.807) is 12.1 Å². The average Bonchev–Trinajstić information content (AvgIpc) is 2.69. The minimum Gasteiger partial charge on any atom is -0.473 e. The van der Waals surface area contributed by atoms with Gasteiger partial charge in [-0.1, -0.05) is 0 Å². The molecule has 2 heterocycles. The van der Waals surface area contributed by atoms with Gasteiger partial charge in [-0.05, 0) is 41.8 Å². The third kappa shape index (κ3) is 1.58. The lowest BCUT2D eigenvalue weighted by atomic mass is 9.82. The molecule has 84 valence electrons. The van der Waals surface area contributed by atoms with Gasteiger partial charge >= 0.3 is 0 Å².